The monoisotopic (exact) mass is 213 g/mol. The highest BCUT2D eigenvalue weighted by molar-refractivity contribution is 7.87. The van der Waals surface area contributed by atoms with Crippen molar-refractivity contribution in [2.45, 2.75) is 19.8 Å². The first kappa shape index (κ1) is 9.45. The zero-order valence-corrected chi connectivity index (χ0v) is 8.67. The Morgan fingerprint density at radius 2 is 2.36 bits per heavy atom. The summed E-state index contributed by atoms with van der Waals surface area (Å²) in [5.74, 6) is 0. The van der Waals surface area contributed by atoms with Crippen LogP contribution in [0.25, 0.3) is 0 Å². The van der Waals surface area contributed by atoms with E-state index in [0.29, 0.717) is 19.4 Å². The fourth-order valence-corrected chi connectivity index (χ4v) is 2.74. The van der Waals surface area contributed by atoms with Gasteiger partial charge in [0.15, 0.2) is 11.0 Å². The molecule has 76 valence electrons. The zero-order chi connectivity index (χ0) is 10.1. The predicted molar refractivity (Wildman–Crippen MR) is 52.4 cm³/mol. The summed E-state index contributed by atoms with van der Waals surface area (Å²) in [6.45, 7) is 2.04. The van der Waals surface area contributed by atoms with Crippen molar-refractivity contribution in [3.05, 3.63) is 22.8 Å². The Morgan fingerprint density at radius 1 is 1.57 bits per heavy atom. The summed E-state index contributed by atoms with van der Waals surface area (Å²) in [4.78, 5) is 12.2. The lowest BCUT2D eigenvalue weighted by atomic mass is 10.1. The van der Waals surface area contributed by atoms with Crippen LogP contribution in [-0.2, 0) is 15.7 Å². The summed E-state index contributed by atoms with van der Waals surface area (Å²) in [5, 5.41) is 0. The van der Waals surface area contributed by atoms with E-state index in [2.05, 4.69) is 0 Å². The number of allylic oxidation sites excluding steroid dienone is 3. The molecule has 1 aliphatic carbocycles. The molecule has 3 rings (SSSR count). The second-order valence-electron chi connectivity index (χ2n) is 3.02. The molecule has 5 heteroatoms. The van der Waals surface area contributed by atoms with Gasteiger partial charge in [0.2, 0.25) is 0 Å². The average Bonchev–Trinajstić information content (AvgIpc) is 2.19. The molecule has 3 aliphatic rings. The van der Waals surface area contributed by atoms with Gasteiger partial charge in [-0.2, -0.15) is 4.31 Å². The first-order chi connectivity index (χ1) is 6.74. The molecule has 2 heterocycles. The van der Waals surface area contributed by atoms with E-state index in [-0.39, 0.29) is 0 Å². The van der Waals surface area contributed by atoms with Gasteiger partial charge in [-0.25, -0.2) is 9.00 Å². The van der Waals surface area contributed by atoms with Gasteiger partial charge in [0.25, 0.3) is 0 Å². The lowest BCUT2D eigenvalue weighted by Gasteiger charge is -2.31. The summed E-state index contributed by atoms with van der Waals surface area (Å²) in [5.41, 5.74) is 0.789. The Labute approximate surface area is 84.8 Å². The lowest BCUT2D eigenvalue weighted by Crippen LogP contribution is -2.37. The molecule has 1 amide bonds. The Kier molecular flexibility index (Phi) is 2.41. The quantitative estimate of drug-likeness (QED) is 0.665. The Bertz CT molecular complexity index is 357. The zero-order valence-electron chi connectivity index (χ0n) is 7.86. The van der Waals surface area contributed by atoms with Crippen LogP contribution in [0.2, 0.25) is 0 Å². The molecule has 4 nitrogen and oxygen atoms in total. The molecule has 1 unspecified atom stereocenters. The fraction of sp³-hybridized carbons (Fsp3) is 0.444. The number of carbonyl (C=O) groups is 1. The van der Waals surface area contributed by atoms with Crippen molar-refractivity contribution in [1.29, 1.82) is 0 Å². The average molecular weight is 213 g/mol. The van der Waals surface area contributed by atoms with E-state index in [9.17, 15) is 9.00 Å². The van der Waals surface area contributed by atoms with Crippen LogP contribution in [0.3, 0.4) is 0 Å². The number of hydrogen-bond acceptors (Lipinski definition) is 3. The molecule has 0 aromatic carbocycles. The highest BCUT2D eigenvalue weighted by Crippen LogP contribution is 2.33. The SMILES string of the molecule is CCOC(=O)N1C2=CCC(=CC2)S1=O. The third-order valence-corrected chi connectivity index (χ3v) is 3.66. The minimum atomic E-state index is -1.35. The summed E-state index contributed by atoms with van der Waals surface area (Å²) >= 11 is 0. The summed E-state index contributed by atoms with van der Waals surface area (Å²) in [7, 11) is -1.35. The molecular weight excluding hydrogens is 202 g/mol. The molecule has 0 spiro atoms. The van der Waals surface area contributed by atoms with Crippen LogP contribution in [-0.4, -0.2) is 21.2 Å². The molecule has 0 saturated carbocycles. The van der Waals surface area contributed by atoms with Gasteiger partial charge in [0.1, 0.15) is 0 Å². The predicted octanol–water partition coefficient (Wildman–Crippen LogP) is 1.68. The maximum Gasteiger partial charge on any atom is 0.426 e. The second kappa shape index (κ2) is 3.57. The van der Waals surface area contributed by atoms with Crippen molar-refractivity contribution in [1.82, 2.24) is 4.31 Å². The summed E-state index contributed by atoms with van der Waals surface area (Å²) < 4.78 is 17.8. The third-order valence-electron chi connectivity index (χ3n) is 2.16. The number of fused-ring (bicyclic) bond motifs is 3. The van der Waals surface area contributed by atoms with Crippen molar-refractivity contribution in [3.63, 3.8) is 0 Å². The smallest absolute Gasteiger partial charge is 0.426 e. The number of ether oxygens (including phenoxy) is 1. The molecule has 2 aliphatic heterocycles. The first-order valence-corrected chi connectivity index (χ1v) is 5.61. The van der Waals surface area contributed by atoms with Crippen LogP contribution < -0.4 is 0 Å². The Hall–Kier alpha value is -1.10. The standard InChI is InChI=1S/C9H11NO3S/c1-2-13-9(11)10-7-3-5-8(6-4-7)14(10)12/h3,6H,2,4-5H2,1H3. The Morgan fingerprint density at radius 3 is 2.86 bits per heavy atom. The van der Waals surface area contributed by atoms with Gasteiger partial charge in [-0.05, 0) is 6.92 Å². The second-order valence-corrected chi connectivity index (χ2v) is 4.40. The van der Waals surface area contributed by atoms with E-state index in [1.165, 1.54) is 4.31 Å². The van der Waals surface area contributed by atoms with Gasteiger partial charge in [-0.1, -0.05) is 12.2 Å². The molecule has 0 radical (unpaired) electrons. The fourth-order valence-electron chi connectivity index (χ4n) is 1.50. The summed E-state index contributed by atoms with van der Waals surface area (Å²) in [6, 6.07) is 0. The number of amides is 1. The van der Waals surface area contributed by atoms with Crippen LogP contribution in [0.4, 0.5) is 4.79 Å². The van der Waals surface area contributed by atoms with Gasteiger partial charge >= 0.3 is 6.09 Å². The van der Waals surface area contributed by atoms with Crippen molar-refractivity contribution in [2.24, 2.45) is 0 Å². The molecule has 14 heavy (non-hydrogen) atoms. The van der Waals surface area contributed by atoms with E-state index in [0.717, 1.165) is 10.6 Å². The van der Waals surface area contributed by atoms with E-state index >= 15 is 0 Å². The molecule has 0 fully saturated rings. The number of carbonyl (C=O) groups excluding carboxylic acids is 1. The van der Waals surface area contributed by atoms with Gasteiger partial charge < -0.3 is 4.74 Å². The van der Waals surface area contributed by atoms with Crippen molar-refractivity contribution >= 4 is 17.1 Å². The minimum absolute atomic E-state index is 0.304. The van der Waals surface area contributed by atoms with E-state index in [1.807, 2.05) is 12.2 Å². The molecule has 1 atom stereocenters. The molecule has 0 saturated heterocycles. The Balaban J connectivity index is 2.24. The van der Waals surface area contributed by atoms with Gasteiger partial charge in [0.05, 0.1) is 6.61 Å². The normalized spacial score (nSPS) is 24.4. The van der Waals surface area contributed by atoms with Gasteiger partial charge in [-0.3, -0.25) is 0 Å². The minimum Gasteiger partial charge on any atom is -0.449 e. The van der Waals surface area contributed by atoms with Crippen LogP contribution in [0.15, 0.2) is 22.8 Å². The maximum atomic E-state index is 11.7. The third kappa shape index (κ3) is 1.37. The van der Waals surface area contributed by atoms with Gasteiger partial charge in [0, 0.05) is 23.4 Å². The highest BCUT2D eigenvalue weighted by Gasteiger charge is 2.33. The van der Waals surface area contributed by atoms with E-state index < -0.39 is 17.1 Å². The van der Waals surface area contributed by atoms with Crippen LogP contribution >= 0.6 is 0 Å². The molecule has 0 N–H and O–H groups in total. The highest BCUT2D eigenvalue weighted by atomic mass is 32.2. The van der Waals surface area contributed by atoms with E-state index in [4.69, 9.17) is 4.74 Å². The van der Waals surface area contributed by atoms with E-state index in [1.54, 1.807) is 6.92 Å². The molecule has 2 bridgehead atoms. The molecule has 0 aromatic heterocycles. The van der Waals surface area contributed by atoms with Crippen LogP contribution in [0, 0.1) is 0 Å². The van der Waals surface area contributed by atoms with Gasteiger partial charge in [-0.15, -0.1) is 0 Å². The topological polar surface area (TPSA) is 46.6 Å². The number of hydrogen-bond donors (Lipinski definition) is 0. The molecule has 0 aromatic rings. The van der Waals surface area contributed by atoms with Crippen LogP contribution in [0.1, 0.15) is 19.8 Å². The van der Waals surface area contributed by atoms with Crippen molar-refractivity contribution in [2.75, 3.05) is 6.61 Å². The summed E-state index contributed by atoms with van der Waals surface area (Å²) in [6.07, 6.45) is 4.70. The van der Waals surface area contributed by atoms with Crippen molar-refractivity contribution < 1.29 is 13.7 Å². The van der Waals surface area contributed by atoms with Crippen LogP contribution in [0.5, 0.6) is 0 Å². The largest absolute Gasteiger partial charge is 0.449 e. The number of rotatable bonds is 1. The first-order valence-electron chi connectivity index (χ1n) is 4.51. The van der Waals surface area contributed by atoms with Crippen molar-refractivity contribution in [3.8, 4) is 0 Å². The number of nitrogens with zero attached hydrogens (tertiary/aromatic N) is 1. The maximum absolute atomic E-state index is 11.7. The lowest BCUT2D eigenvalue weighted by molar-refractivity contribution is 0.138. The molecular formula is C9H11NO3S.